The molecule has 0 atom stereocenters. The van der Waals surface area contributed by atoms with Gasteiger partial charge in [0.25, 0.3) is 5.89 Å². The average Bonchev–Trinajstić information content (AvgIpc) is 2.95. The third-order valence-corrected chi connectivity index (χ3v) is 2.96. The highest BCUT2D eigenvalue weighted by Crippen LogP contribution is 2.20. The quantitative estimate of drug-likeness (QED) is 0.723. The molecule has 3 rings (SSSR count). The second kappa shape index (κ2) is 5.57. The van der Waals surface area contributed by atoms with Crippen molar-refractivity contribution in [2.45, 2.75) is 13.5 Å². The zero-order valence-electron chi connectivity index (χ0n) is 11.1. The Kier molecular flexibility index (Phi) is 3.46. The molecule has 0 aliphatic heterocycles. The minimum absolute atomic E-state index is 0.267. The molecule has 0 N–H and O–H groups in total. The zero-order chi connectivity index (χ0) is 13.8. The standard InChI is InChI=1S/C16H14N2O2/c1-12-7-5-6-10-14(12)16-17-15(20-18-16)11-19-13-8-3-2-4-9-13/h2-10H,11H2,1H3. The predicted molar refractivity (Wildman–Crippen MR) is 75.2 cm³/mol. The molecule has 0 bridgehead atoms. The van der Waals surface area contributed by atoms with Gasteiger partial charge < -0.3 is 9.26 Å². The Hall–Kier alpha value is -2.62. The van der Waals surface area contributed by atoms with Crippen LogP contribution in [0.15, 0.2) is 59.1 Å². The van der Waals surface area contributed by atoms with E-state index in [0.717, 1.165) is 16.9 Å². The molecule has 0 spiro atoms. The molecule has 0 radical (unpaired) electrons. The monoisotopic (exact) mass is 266 g/mol. The lowest BCUT2D eigenvalue weighted by molar-refractivity contribution is 0.243. The molecule has 1 aromatic heterocycles. The van der Waals surface area contributed by atoms with Gasteiger partial charge in [-0.2, -0.15) is 4.98 Å². The summed E-state index contributed by atoms with van der Waals surface area (Å²) < 4.78 is 10.8. The summed E-state index contributed by atoms with van der Waals surface area (Å²) >= 11 is 0. The fourth-order valence-corrected chi connectivity index (χ4v) is 1.91. The summed E-state index contributed by atoms with van der Waals surface area (Å²) in [6, 6.07) is 17.5. The number of aromatic nitrogens is 2. The first-order valence-electron chi connectivity index (χ1n) is 6.39. The van der Waals surface area contributed by atoms with Crippen molar-refractivity contribution in [2.75, 3.05) is 0 Å². The molecule has 1 heterocycles. The smallest absolute Gasteiger partial charge is 0.264 e. The van der Waals surface area contributed by atoms with Crippen LogP contribution in [0.2, 0.25) is 0 Å². The number of hydrogen-bond donors (Lipinski definition) is 0. The first-order valence-corrected chi connectivity index (χ1v) is 6.39. The third kappa shape index (κ3) is 2.69. The molecule has 0 aliphatic carbocycles. The van der Waals surface area contributed by atoms with Crippen molar-refractivity contribution >= 4 is 0 Å². The lowest BCUT2D eigenvalue weighted by Gasteiger charge is -2.01. The van der Waals surface area contributed by atoms with E-state index >= 15 is 0 Å². The molecular formula is C16H14N2O2. The van der Waals surface area contributed by atoms with Crippen molar-refractivity contribution in [2.24, 2.45) is 0 Å². The lowest BCUT2D eigenvalue weighted by atomic mass is 10.1. The summed E-state index contributed by atoms with van der Waals surface area (Å²) in [5, 5.41) is 3.99. The summed E-state index contributed by atoms with van der Waals surface area (Å²) in [6.45, 7) is 2.29. The minimum atomic E-state index is 0.267. The van der Waals surface area contributed by atoms with E-state index in [4.69, 9.17) is 9.26 Å². The van der Waals surface area contributed by atoms with Crippen LogP contribution in [0.1, 0.15) is 11.5 Å². The summed E-state index contributed by atoms with van der Waals surface area (Å²) in [6.07, 6.45) is 0. The van der Waals surface area contributed by atoms with Crippen LogP contribution in [-0.2, 0) is 6.61 Å². The van der Waals surface area contributed by atoms with E-state index in [1.165, 1.54) is 0 Å². The average molecular weight is 266 g/mol. The van der Waals surface area contributed by atoms with Crippen molar-refractivity contribution in [1.29, 1.82) is 0 Å². The first-order chi connectivity index (χ1) is 9.83. The molecule has 0 aliphatic rings. The van der Waals surface area contributed by atoms with Gasteiger partial charge in [-0.3, -0.25) is 0 Å². The van der Waals surface area contributed by atoms with Gasteiger partial charge >= 0.3 is 0 Å². The Balaban J connectivity index is 1.73. The number of aryl methyl sites for hydroxylation is 1. The van der Waals surface area contributed by atoms with Gasteiger partial charge in [-0.15, -0.1) is 0 Å². The van der Waals surface area contributed by atoms with E-state index in [-0.39, 0.29) is 6.61 Å². The molecule has 2 aromatic carbocycles. The highest BCUT2D eigenvalue weighted by molar-refractivity contribution is 5.58. The Morgan fingerprint density at radius 3 is 2.55 bits per heavy atom. The van der Waals surface area contributed by atoms with E-state index in [1.54, 1.807) is 0 Å². The Morgan fingerprint density at radius 1 is 1.00 bits per heavy atom. The van der Waals surface area contributed by atoms with Gasteiger partial charge in [0.15, 0.2) is 6.61 Å². The van der Waals surface area contributed by atoms with Crippen LogP contribution in [0.5, 0.6) is 5.75 Å². The van der Waals surface area contributed by atoms with E-state index in [0.29, 0.717) is 11.7 Å². The highest BCUT2D eigenvalue weighted by atomic mass is 16.5. The predicted octanol–water partition coefficient (Wildman–Crippen LogP) is 3.62. The molecule has 0 saturated heterocycles. The maximum atomic E-state index is 5.58. The fourth-order valence-electron chi connectivity index (χ4n) is 1.91. The van der Waals surface area contributed by atoms with Crippen LogP contribution in [0.3, 0.4) is 0 Å². The van der Waals surface area contributed by atoms with Crippen LogP contribution in [0.4, 0.5) is 0 Å². The van der Waals surface area contributed by atoms with Crippen LogP contribution in [-0.4, -0.2) is 10.1 Å². The molecule has 0 amide bonds. The summed E-state index contributed by atoms with van der Waals surface area (Å²) in [7, 11) is 0. The number of nitrogens with zero attached hydrogens (tertiary/aromatic N) is 2. The van der Waals surface area contributed by atoms with Gasteiger partial charge in [0.1, 0.15) is 5.75 Å². The highest BCUT2D eigenvalue weighted by Gasteiger charge is 2.10. The molecule has 100 valence electrons. The normalized spacial score (nSPS) is 10.4. The molecular weight excluding hydrogens is 252 g/mol. The number of rotatable bonds is 4. The molecule has 0 fully saturated rings. The lowest BCUT2D eigenvalue weighted by Crippen LogP contribution is -1.95. The van der Waals surface area contributed by atoms with Gasteiger partial charge in [0.2, 0.25) is 5.82 Å². The van der Waals surface area contributed by atoms with Gasteiger partial charge in [0, 0.05) is 5.56 Å². The van der Waals surface area contributed by atoms with E-state index in [1.807, 2.05) is 61.5 Å². The molecule has 0 saturated carbocycles. The van der Waals surface area contributed by atoms with Gasteiger partial charge in [-0.05, 0) is 24.6 Å². The Labute approximate surface area is 117 Å². The maximum Gasteiger partial charge on any atom is 0.264 e. The Morgan fingerprint density at radius 2 is 1.75 bits per heavy atom. The van der Waals surface area contributed by atoms with Crippen molar-refractivity contribution < 1.29 is 9.26 Å². The second-order valence-corrected chi connectivity index (χ2v) is 4.43. The van der Waals surface area contributed by atoms with E-state index in [9.17, 15) is 0 Å². The number of hydrogen-bond acceptors (Lipinski definition) is 4. The Bertz CT molecular complexity index is 692. The first kappa shape index (κ1) is 12.4. The molecule has 3 aromatic rings. The molecule has 4 nitrogen and oxygen atoms in total. The van der Waals surface area contributed by atoms with Crippen LogP contribution in [0, 0.1) is 6.92 Å². The van der Waals surface area contributed by atoms with E-state index < -0.39 is 0 Å². The van der Waals surface area contributed by atoms with Crippen LogP contribution < -0.4 is 4.74 Å². The number of benzene rings is 2. The van der Waals surface area contributed by atoms with Gasteiger partial charge in [-0.1, -0.05) is 47.6 Å². The van der Waals surface area contributed by atoms with Crippen molar-refractivity contribution in [1.82, 2.24) is 10.1 Å². The molecule has 0 unspecified atom stereocenters. The zero-order valence-corrected chi connectivity index (χ0v) is 11.1. The summed E-state index contributed by atoms with van der Waals surface area (Å²) in [5.41, 5.74) is 2.09. The third-order valence-electron chi connectivity index (χ3n) is 2.96. The fraction of sp³-hybridized carbons (Fsp3) is 0.125. The molecule has 4 heteroatoms. The van der Waals surface area contributed by atoms with Crippen molar-refractivity contribution in [3.63, 3.8) is 0 Å². The van der Waals surface area contributed by atoms with Crippen molar-refractivity contribution in [3.05, 3.63) is 66.1 Å². The van der Waals surface area contributed by atoms with Gasteiger partial charge in [0.05, 0.1) is 0 Å². The number of para-hydroxylation sites is 1. The van der Waals surface area contributed by atoms with Crippen LogP contribution in [0.25, 0.3) is 11.4 Å². The topological polar surface area (TPSA) is 48.2 Å². The second-order valence-electron chi connectivity index (χ2n) is 4.43. The summed E-state index contributed by atoms with van der Waals surface area (Å²) in [4.78, 5) is 4.35. The molecule has 20 heavy (non-hydrogen) atoms. The van der Waals surface area contributed by atoms with E-state index in [2.05, 4.69) is 10.1 Å². The summed E-state index contributed by atoms with van der Waals surface area (Å²) in [5.74, 6) is 1.84. The number of ether oxygens (including phenoxy) is 1. The SMILES string of the molecule is Cc1ccccc1-c1noc(COc2ccccc2)n1. The van der Waals surface area contributed by atoms with Crippen LogP contribution >= 0.6 is 0 Å². The largest absolute Gasteiger partial charge is 0.484 e. The maximum absolute atomic E-state index is 5.58. The minimum Gasteiger partial charge on any atom is -0.484 e. The van der Waals surface area contributed by atoms with Crippen molar-refractivity contribution in [3.8, 4) is 17.1 Å². The van der Waals surface area contributed by atoms with Gasteiger partial charge in [-0.25, -0.2) is 0 Å².